The van der Waals surface area contributed by atoms with Crippen molar-refractivity contribution in [3.8, 4) is 5.75 Å². The van der Waals surface area contributed by atoms with Gasteiger partial charge in [0.15, 0.2) is 6.61 Å². The summed E-state index contributed by atoms with van der Waals surface area (Å²) in [6.45, 7) is 4.32. The van der Waals surface area contributed by atoms with E-state index in [1.807, 2.05) is 24.3 Å². The molecule has 1 N–H and O–H groups in total. The first-order valence-corrected chi connectivity index (χ1v) is 7.13. The van der Waals surface area contributed by atoms with Crippen molar-refractivity contribution in [1.29, 1.82) is 0 Å². The number of hydrogen-bond acceptors (Lipinski definition) is 3. The number of carboxylic acids is 1. The third kappa shape index (κ3) is 5.45. The molecule has 0 saturated carbocycles. The van der Waals surface area contributed by atoms with Crippen LogP contribution in [0.1, 0.15) is 38.2 Å². The number of para-hydroxylation sites is 1. The molecular formula is C16H23NO4. The van der Waals surface area contributed by atoms with E-state index in [1.165, 1.54) is 4.90 Å². The smallest absolute Gasteiger partial charge is 0.305 e. The number of nitrogens with zero attached hydrogens (tertiary/aromatic N) is 1. The van der Waals surface area contributed by atoms with Crippen LogP contribution in [0, 0.1) is 0 Å². The lowest BCUT2D eigenvalue weighted by atomic mass is 9.98. The standard InChI is InChI=1S/C16H23NO4/c1-4-12(2)13-7-5-6-8-14(13)21-11-15(18)17(3)10-9-16(19)20/h5-8,12H,4,9-11H2,1-3H3,(H,19,20). The SMILES string of the molecule is CCC(C)c1ccccc1OCC(=O)N(C)CCC(=O)O. The fraction of sp³-hybridized carbons (Fsp3) is 0.500. The molecule has 0 spiro atoms. The summed E-state index contributed by atoms with van der Waals surface area (Å²) in [5.41, 5.74) is 1.08. The number of carbonyl (C=O) groups excluding carboxylic acids is 1. The normalized spacial score (nSPS) is 11.8. The number of carboxylic acid groups (broad SMARTS) is 1. The van der Waals surface area contributed by atoms with Crippen LogP contribution in [0.5, 0.6) is 5.75 Å². The maximum atomic E-state index is 11.9. The third-order valence-corrected chi connectivity index (χ3v) is 3.50. The quantitative estimate of drug-likeness (QED) is 0.799. The largest absolute Gasteiger partial charge is 0.483 e. The van der Waals surface area contributed by atoms with E-state index in [9.17, 15) is 9.59 Å². The van der Waals surface area contributed by atoms with Gasteiger partial charge in [0.2, 0.25) is 0 Å². The van der Waals surface area contributed by atoms with Gasteiger partial charge in [0, 0.05) is 13.6 Å². The Kier molecular flexibility index (Phi) is 6.72. The van der Waals surface area contributed by atoms with Crippen molar-refractivity contribution < 1.29 is 19.4 Å². The molecule has 1 unspecified atom stereocenters. The van der Waals surface area contributed by atoms with Gasteiger partial charge in [-0.2, -0.15) is 0 Å². The van der Waals surface area contributed by atoms with Gasteiger partial charge < -0.3 is 14.7 Å². The van der Waals surface area contributed by atoms with Crippen molar-refractivity contribution in [3.63, 3.8) is 0 Å². The van der Waals surface area contributed by atoms with Gasteiger partial charge in [0.05, 0.1) is 6.42 Å². The molecule has 1 aromatic carbocycles. The minimum atomic E-state index is -0.919. The summed E-state index contributed by atoms with van der Waals surface area (Å²) in [6.07, 6.45) is 0.929. The molecule has 116 valence electrons. The molecule has 0 aliphatic heterocycles. The molecule has 0 bridgehead atoms. The Balaban J connectivity index is 2.59. The van der Waals surface area contributed by atoms with E-state index in [2.05, 4.69) is 13.8 Å². The topological polar surface area (TPSA) is 66.8 Å². The molecular weight excluding hydrogens is 270 g/mol. The Bertz CT molecular complexity index is 487. The maximum absolute atomic E-state index is 11.9. The van der Waals surface area contributed by atoms with Gasteiger partial charge >= 0.3 is 5.97 Å². The van der Waals surface area contributed by atoms with Crippen molar-refractivity contribution in [2.75, 3.05) is 20.2 Å². The van der Waals surface area contributed by atoms with Crippen molar-refractivity contribution >= 4 is 11.9 Å². The molecule has 5 heteroatoms. The van der Waals surface area contributed by atoms with Gasteiger partial charge in [-0.3, -0.25) is 9.59 Å². The predicted molar refractivity (Wildman–Crippen MR) is 80.5 cm³/mol. The van der Waals surface area contributed by atoms with E-state index in [1.54, 1.807) is 7.05 Å². The molecule has 5 nitrogen and oxygen atoms in total. The summed E-state index contributed by atoms with van der Waals surface area (Å²) < 4.78 is 5.61. The molecule has 1 aromatic rings. The average molecular weight is 293 g/mol. The highest BCUT2D eigenvalue weighted by Crippen LogP contribution is 2.28. The number of aliphatic carboxylic acids is 1. The van der Waals surface area contributed by atoms with Crippen LogP contribution in [-0.4, -0.2) is 42.1 Å². The molecule has 21 heavy (non-hydrogen) atoms. The van der Waals surface area contributed by atoms with Crippen LogP contribution < -0.4 is 4.74 Å². The molecule has 0 aliphatic rings. The first kappa shape index (κ1) is 17.0. The van der Waals surface area contributed by atoms with Crippen molar-refractivity contribution in [1.82, 2.24) is 4.90 Å². The summed E-state index contributed by atoms with van der Waals surface area (Å²) in [4.78, 5) is 23.8. The fourth-order valence-electron chi connectivity index (χ4n) is 1.88. The minimum Gasteiger partial charge on any atom is -0.483 e. The van der Waals surface area contributed by atoms with Gasteiger partial charge in [0.1, 0.15) is 5.75 Å². The summed E-state index contributed by atoms with van der Waals surface area (Å²) >= 11 is 0. The first-order chi connectivity index (χ1) is 9.95. The van der Waals surface area contributed by atoms with Crippen LogP contribution in [0.3, 0.4) is 0 Å². The van der Waals surface area contributed by atoms with Crippen LogP contribution in [0.2, 0.25) is 0 Å². The van der Waals surface area contributed by atoms with Crippen molar-refractivity contribution in [2.45, 2.75) is 32.6 Å². The van der Waals surface area contributed by atoms with E-state index in [0.29, 0.717) is 11.7 Å². The van der Waals surface area contributed by atoms with Gasteiger partial charge in [-0.15, -0.1) is 0 Å². The number of ether oxygens (including phenoxy) is 1. The van der Waals surface area contributed by atoms with Gasteiger partial charge in [-0.25, -0.2) is 0 Å². The Labute approximate surface area is 125 Å². The Morgan fingerprint density at radius 1 is 1.33 bits per heavy atom. The van der Waals surface area contributed by atoms with Gasteiger partial charge in [0.25, 0.3) is 5.91 Å². The summed E-state index contributed by atoms with van der Waals surface area (Å²) in [5, 5.41) is 8.61. The molecule has 1 atom stereocenters. The lowest BCUT2D eigenvalue weighted by Crippen LogP contribution is -2.33. The van der Waals surface area contributed by atoms with Gasteiger partial charge in [-0.05, 0) is 24.0 Å². The molecule has 0 aromatic heterocycles. The minimum absolute atomic E-state index is 0.0638. The highest BCUT2D eigenvalue weighted by atomic mass is 16.5. The first-order valence-electron chi connectivity index (χ1n) is 7.13. The average Bonchev–Trinajstić information content (AvgIpc) is 2.49. The molecule has 1 amide bonds. The van der Waals surface area contributed by atoms with E-state index < -0.39 is 5.97 Å². The second-order valence-electron chi connectivity index (χ2n) is 5.09. The van der Waals surface area contributed by atoms with Crippen molar-refractivity contribution in [3.05, 3.63) is 29.8 Å². The van der Waals surface area contributed by atoms with Crippen molar-refractivity contribution in [2.24, 2.45) is 0 Å². The van der Waals surface area contributed by atoms with Crippen LogP contribution in [-0.2, 0) is 9.59 Å². The number of amides is 1. The Morgan fingerprint density at radius 3 is 2.62 bits per heavy atom. The lowest BCUT2D eigenvalue weighted by molar-refractivity contribution is -0.138. The number of benzene rings is 1. The molecule has 1 rings (SSSR count). The van der Waals surface area contributed by atoms with Gasteiger partial charge in [-0.1, -0.05) is 32.0 Å². The van der Waals surface area contributed by atoms with E-state index >= 15 is 0 Å². The zero-order valence-corrected chi connectivity index (χ0v) is 12.8. The highest BCUT2D eigenvalue weighted by Gasteiger charge is 2.14. The van der Waals surface area contributed by atoms with E-state index in [-0.39, 0.29) is 25.5 Å². The third-order valence-electron chi connectivity index (χ3n) is 3.50. The second-order valence-corrected chi connectivity index (χ2v) is 5.09. The summed E-state index contributed by atoms with van der Waals surface area (Å²) in [7, 11) is 1.58. The molecule has 0 radical (unpaired) electrons. The van der Waals surface area contributed by atoms with Crippen LogP contribution in [0.4, 0.5) is 0 Å². The number of hydrogen-bond donors (Lipinski definition) is 1. The highest BCUT2D eigenvalue weighted by molar-refractivity contribution is 5.78. The zero-order chi connectivity index (χ0) is 15.8. The predicted octanol–water partition coefficient (Wildman–Crippen LogP) is 2.51. The molecule has 0 fully saturated rings. The second kappa shape index (κ2) is 8.29. The van der Waals surface area contributed by atoms with E-state index in [4.69, 9.17) is 9.84 Å². The summed E-state index contributed by atoms with van der Waals surface area (Å²) in [6, 6.07) is 7.68. The fourth-order valence-corrected chi connectivity index (χ4v) is 1.88. The molecule has 0 saturated heterocycles. The Hall–Kier alpha value is -2.04. The monoisotopic (exact) mass is 293 g/mol. The number of rotatable bonds is 8. The lowest BCUT2D eigenvalue weighted by Gasteiger charge is -2.19. The zero-order valence-electron chi connectivity index (χ0n) is 12.8. The van der Waals surface area contributed by atoms with Crippen LogP contribution in [0.15, 0.2) is 24.3 Å². The van der Waals surface area contributed by atoms with Crippen LogP contribution >= 0.6 is 0 Å². The molecule has 0 aliphatic carbocycles. The maximum Gasteiger partial charge on any atom is 0.305 e. The van der Waals surface area contributed by atoms with E-state index in [0.717, 1.165) is 12.0 Å². The number of carbonyl (C=O) groups is 2. The number of likely N-dealkylation sites (N-methyl/N-ethyl adjacent to an activating group) is 1. The molecule has 0 heterocycles. The Morgan fingerprint density at radius 2 is 2.00 bits per heavy atom. The van der Waals surface area contributed by atoms with Crippen LogP contribution in [0.25, 0.3) is 0 Å². The summed E-state index contributed by atoms with van der Waals surface area (Å²) in [5.74, 6) is -0.0687.